The molecule has 6 nitrogen and oxygen atoms in total. The molecule has 4 rings (SSSR count). The van der Waals surface area contributed by atoms with Crippen molar-refractivity contribution in [3.8, 4) is 28.4 Å². The Hall–Kier alpha value is -3.67. The SMILES string of the molecule is CCOC(=O)c1c(-c2ccccc2OC)c(C)c2c3cc(OC)c(OC)cc3ccn12. The van der Waals surface area contributed by atoms with Gasteiger partial charge in [-0.15, -0.1) is 0 Å². The van der Waals surface area contributed by atoms with Crippen LogP contribution >= 0.6 is 0 Å². The third-order valence-corrected chi connectivity index (χ3v) is 5.51. The lowest BCUT2D eigenvalue weighted by molar-refractivity contribution is 0.0519. The number of rotatable bonds is 6. The average molecular weight is 419 g/mol. The molecule has 4 aromatic rings. The zero-order valence-corrected chi connectivity index (χ0v) is 18.3. The van der Waals surface area contributed by atoms with Gasteiger partial charge in [0.15, 0.2) is 11.5 Å². The second-order valence-electron chi connectivity index (χ2n) is 7.10. The van der Waals surface area contributed by atoms with Crippen LogP contribution in [0.15, 0.2) is 48.7 Å². The van der Waals surface area contributed by atoms with Crippen molar-refractivity contribution in [1.82, 2.24) is 4.40 Å². The molecular formula is C25H25NO5. The highest BCUT2D eigenvalue weighted by molar-refractivity contribution is 6.08. The van der Waals surface area contributed by atoms with Gasteiger partial charge < -0.3 is 23.3 Å². The molecule has 0 radical (unpaired) electrons. The molecule has 0 N–H and O–H groups in total. The van der Waals surface area contributed by atoms with Crippen molar-refractivity contribution < 1.29 is 23.7 Å². The molecule has 2 heterocycles. The van der Waals surface area contributed by atoms with Crippen molar-refractivity contribution in [3.05, 3.63) is 59.9 Å². The fraction of sp³-hybridized carbons (Fsp3) is 0.240. The third-order valence-electron chi connectivity index (χ3n) is 5.51. The lowest BCUT2D eigenvalue weighted by atomic mass is 9.99. The number of aryl methyl sites for hydroxylation is 1. The number of methoxy groups -OCH3 is 3. The number of benzene rings is 2. The van der Waals surface area contributed by atoms with Crippen LogP contribution in [0.25, 0.3) is 27.4 Å². The quantitative estimate of drug-likeness (QED) is 0.399. The number of esters is 1. The molecule has 0 atom stereocenters. The number of hydrogen-bond donors (Lipinski definition) is 0. The van der Waals surface area contributed by atoms with Gasteiger partial charge in [-0.2, -0.15) is 0 Å². The summed E-state index contributed by atoms with van der Waals surface area (Å²) < 4.78 is 23.9. The molecule has 0 saturated carbocycles. The molecule has 0 aliphatic heterocycles. The van der Waals surface area contributed by atoms with E-state index in [0.29, 0.717) is 22.9 Å². The first-order valence-electron chi connectivity index (χ1n) is 10.1. The number of nitrogens with zero attached hydrogens (tertiary/aromatic N) is 1. The fourth-order valence-corrected chi connectivity index (χ4v) is 4.16. The van der Waals surface area contributed by atoms with Gasteiger partial charge in [-0.25, -0.2) is 4.79 Å². The van der Waals surface area contributed by atoms with Gasteiger partial charge in [0, 0.05) is 22.7 Å². The molecule has 0 saturated heterocycles. The number of hydrogen-bond acceptors (Lipinski definition) is 5. The minimum Gasteiger partial charge on any atom is -0.496 e. The largest absolute Gasteiger partial charge is 0.496 e. The Kier molecular flexibility index (Phi) is 5.46. The van der Waals surface area contributed by atoms with Crippen molar-refractivity contribution in [2.75, 3.05) is 27.9 Å². The van der Waals surface area contributed by atoms with Crippen LogP contribution in [-0.4, -0.2) is 38.3 Å². The molecule has 0 amide bonds. The van der Waals surface area contributed by atoms with Crippen molar-refractivity contribution in [3.63, 3.8) is 0 Å². The Labute approximate surface area is 180 Å². The van der Waals surface area contributed by atoms with Crippen molar-refractivity contribution >= 4 is 22.3 Å². The minimum atomic E-state index is -0.383. The molecule has 0 bridgehead atoms. The zero-order valence-electron chi connectivity index (χ0n) is 18.3. The summed E-state index contributed by atoms with van der Waals surface area (Å²) in [6.07, 6.45) is 1.89. The monoisotopic (exact) mass is 419 g/mol. The minimum absolute atomic E-state index is 0.287. The summed E-state index contributed by atoms with van der Waals surface area (Å²) in [5.41, 5.74) is 3.95. The molecule has 2 aromatic carbocycles. The first-order valence-corrected chi connectivity index (χ1v) is 10.1. The van der Waals surface area contributed by atoms with E-state index in [1.54, 1.807) is 28.3 Å². The Morgan fingerprint density at radius 1 is 0.935 bits per heavy atom. The van der Waals surface area contributed by atoms with Gasteiger partial charge in [0.2, 0.25) is 0 Å². The Balaban J connectivity index is 2.16. The van der Waals surface area contributed by atoms with Crippen LogP contribution < -0.4 is 14.2 Å². The van der Waals surface area contributed by atoms with Crippen LogP contribution in [0.2, 0.25) is 0 Å². The lowest BCUT2D eigenvalue weighted by Gasteiger charge is -2.11. The molecule has 0 aliphatic carbocycles. The molecule has 0 spiro atoms. The van der Waals surface area contributed by atoms with Crippen molar-refractivity contribution in [2.45, 2.75) is 13.8 Å². The molecule has 0 unspecified atom stereocenters. The summed E-state index contributed by atoms with van der Waals surface area (Å²) in [6.45, 7) is 4.10. The number of carbonyl (C=O) groups excluding carboxylic acids is 1. The summed E-state index contributed by atoms with van der Waals surface area (Å²) in [4.78, 5) is 13.1. The van der Waals surface area contributed by atoms with E-state index < -0.39 is 0 Å². The first-order chi connectivity index (χ1) is 15.0. The average Bonchev–Trinajstić information content (AvgIpc) is 3.10. The highest BCUT2D eigenvalue weighted by atomic mass is 16.5. The predicted molar refractivity (Wildman–Crippen MR) is 121 cm³/mol. The van der Waals surface area contributed by atoms with Crippen LogP contribution in [0, 0.1) is 6.92 Å². The summed E-state index contributed by atoms with van der Waals surface area (Å²) in [5.74, 6) is 1.58. The number of fused-ring (bicyclic) bond motifs is 3. The van der Waals surface area contributed by atoms with E-state index in [1.165, 1.54) is 0 Å². The van der Waals surface area contributed by atoms with Gasteiger partial charge in [-0.05, 0) is 49.1 Å². The van der Waals surface area contributed by atoms with Crippen LogP contribution in [0.3, 0.4) is 0 Å². The van der Waals surface area contributed by atoms with Crippen LogP contribution in [0.1, 0.15) is 23.0 Å². The Morgan fingerprint density at radius 2 is 1.61 bits per heavy atom. The first kappa shape index (κ1) is 20.6. The van der Waals surface area contributed by atoms with Crippen LogP contribution in [-0.2, 0) is 4.74 Å². The second kappa shape index (κ2) is 8.22. The number of aromatic nitrogens is 1. The van der Waals surface area contributed by atoms with Gasteiger partial charge in [0.1, 0.15) is 11.4 Å². The number of ether oxygens (including phenoxy) is 4. The summed E-state index contributed by atoms with van der Waals surface area (Å²) in [5, 5.41) is 1.93. The van der Waals surface area contributed by atoms with Gasteiger partial charge >= 0.3 is 5.97 Å². The molecule has 6 heteroatoms. The zero-order chi connectivity index (χ0) is 22.1. The lowest BCUT2D eigenvalue weighted by Crippen LogP contribution is -2.09. The molecule has 160 valence electrons. The summed E-state index contributed by atoms with van der Waals surface area (Å²) in [6, 6.07) is 13.5. The maximum atomic E-state index is 13.1. The number of carbonyl (C=O) groups is 1. The molecule has 0 aliphatic rings. The van der Waals surface area contributed by atoms with E-state index in [1.807, 2.05) is 60.0 Å². The highest BCUT2D eigenvalue weighted by Gasteiger charge is 2.26. The number of pyridine rings is 1. The van der Waals surface area contributed by atoms with Crippen LogP contribution in [0.4, 0.5) is 0 Å². The van der Waals surface area contributed by atoms with Crippen molar-refractivity contribution in [2.24, 2.45) is 0 Å². The smallest absolute Gasteiger partial charge is 0.355 e. The molecule has 2 aromatic heterocycles. The van der Waals surface area contributed by atoms with E-state index in [4.69, 9.17) is 18.9 Å². The van der Waals surface area contributed by atoms with Crippen molar-refractivity contribution in [1.29, 1.82) is 0 Å². The van der Waals surface area contributed by atoms with Gasteiger partial charge in [0.05, 0.1) is 33.5 Å². The summed E-state index contributed by atoms with van der Waals surface area (Å²) >= 11 is 0. The molecular weight excluding hydrogens is 394 g/mol. The summed E-state index contributed by atoms with van der Waals surface area (Å²) in [7, 11) is 4.85. The molecule has 0 fully saturated rings. The van der Waals surface area contributed by atoms with E-state index in [-0.39, 0.29) is 12.6 Å². The number of para-hydroxylation sites is 1. The van der Waals surface area contributed by atoms with Gasteiger partial charge in [0.25, 0.3) is 0 Å². The topological polar surface area (TPSA) is 58.4 Å². The van der Waals surface area contributed by atoms with Crippen LogP contribution in [0.5, 0.6) is 17.2 Å². The Bertz CT molecular complexity index is 1290. The normalized spacial score (nSPS) is 11.0. The highest BCUT2D eigenvalue weighted by Crippen LogP contribution is 2.42. The van der Waals surface area contributed by atoms with E-state index >= 15 is 0 Å². The van der Waals surface area contributed by atoms with Gasteiger partial charge in [-0.1, -0.05) is 18.2 Å². The maximum Gasteiger partial charge on any atom is 0.355 e. The standard InChI is InChI=1S/C25H25NO5/c1-6-31-25(27)24-22(17-9-7-8-10-19(17)28-3)15(2)23-18-14-21(30-5)20(29-4)13-16(18)11-12-26(23)24/h7-14H,6H2,1-5H3. The van der Waals surface area contributed by atoms with E-state index in [9.17, 15) is 4.79 Å². The predicted octanol–water partition coefficient (Wildman–Crippen LogP) is 5.27. The van der Waals surface area contributed by atoms with E-state index in [0.717, 1.165) is 33.0 Å². The fourth-order valence-electron chi connectivity index (χ4n) is 4.16. The maximum absolute atomic E-state index is 13.1. The molecule has 31 heavy (non-hydrogen) atoms. The van der Waals surface area contributed by atoms with E-state index in [2.05, 4.69) is 0 Å². The second-order valence-corrected chi connectivity index (χ2v) is 7.10. The van der Waals surface area contributed by atoms with Gasteiger partial charge in [-0.3, -0.25) is 0 Å². The Morgan fingerprint density at radius 3 is 2.29 bits per heavy atom. The third kappa shape index (κ3) is 3.24.